The molecule has 0 N–H and O–H groups in total. The number of rotatable bonds is 9. The highest BCUT2D eigenvalue weighted by atomic mass is 35.5. The number of para-hydroxylation sites is 1. The lowest BCUT2D eigenvalue weighted by atomic mass is 9.96. The van der Waals surface area contributed by atoms with Crippen LogP contribution in [0.15, 0.2) is 97.1 Å². The maximum atomic E-state index is 12.5. The highest BCUT2D eigenvalue weighted by Gasteiger charge is 2.29. The van der Waals surface area contributed by atoms with Gasteiger partial charge >= 0.3 is 5.97 Å². The zero-order valence-corrected chi connectivity index (χ0v) is 24.7. The molecule has 0 spiro atoms. The summed E-state index contributed by atoms with van der Waals surface area (Å²) >= 11 is 6.16. The van der Waals surface area contributed by atoms with Crippen LogP contribution in [0.1, 0.15) is 36.2 Å². The molecule has 212 valence electrons. The molecular formula is C35H37ClN2O3. The summed E-state index contributed by atoms with van der Waals surface area (Å²) in [5.41, 5.74) is 5.20. The summed E-state index contributed by atoms with van der Waals surface area (Å²) in [6, 6.07) is 32.4. The van der Waals surface area contributed by atoms with Gasteiger partial charge in [0.1, 0.15) is 17.1 Å². The van der Waals surface area contributed by atoms with E-state index in [0.29, 0.717) is 29.0 Å². The molecule has 1 fully saturated rings. The standard InChI is InChI=1S/C35H37ClN2O3/c1-25(2)21-30-24-38(29-17-18-33(35(39)40-3)34(22-29)41-31-10-5-4-6-11-31)20-19-37(30)23-27-9-7-8-12-32(27)26-13-15-28(36)16-14-26/h4-18,22,25,30H,19-21,23-24H2,1-3H3. The summed E-state index contributed by atoms with van der Waals surface area (Å²) in [5, 5.41) is 0.747. The Labute approximate surface area is 248 Å². The van der Waals surface area contributed by atoms with Crippen LogP contribution in [0.2, 0.25) is 5.02 Å². The molecule has 1 unspecified atom stereocenters. The summed E-state index contributed by atoms with van der Waals surface area (Å²) in [6.07, 6.45) is 1.09. The number of benzene rings is 4. The fraction of sp³-hybridized carbons (Fsp3) is 0.286. The molecule has 0 aromatic heterocycles. The molecule has 0 amide bonds. The van der Waals surface area contributed by atoms with Crippen LogP contribution in [-0.2, 0) is 11.3 Å². The molecule has 0 radical (unpaired) electrons. The third kappa shape index (κ3) is 7.10. The van der Waals surface area contributed by atoms with E-state index in [4.69, 9.17) is 21.1 Å². The summed E-state index contributed by atoms with van der Waals surface area (Å²) in [6.45, 7) is 8.16. The Morgan fingerprint density at radius 1 is 0.927 bits per heavy atom. The molecule has 5 rings (SSSR count). The van der Waals surface area contributed by atoms with Crippen molar-refractivity contribution >= 4 is 23.3 Å². The second-order valence-corrected chi connectivity index (χ2v) is 11.4. The Balaban J connectivity index is 1.39. The lowest BCUT2D eigenvalue weighted by Crippen LogP contribution is -2.53. The topological polar surface area (TPSA) is 42.0 Å². The zero-order valence-electron chi connectivity index (χ0n) is 23.9. The molecule has 1 aliphatic heterocycles. The van der Waals surface area contributed by atoms with Crippen molar-refractivity contribution < 1.29 is 14.3 Å². The van der Waals surface area contributed by atoms with Gasteiger partial charge in [0.15, 0.2) is 0 Å². The van der Waals surface area contributed by atoms with E-state index >= 15 is 0 Å². The molecule has 1 aliphatic rings. The Morgan fingerprint density at radius 2 is 1.66 bits per heavy atom. The van der Waals surface area contributed by atoms with Gasteiger partial charge in [-0.2, -0.15) is 0 Å². The van der Waals surface area contributed by atoms with Crippen molar-refractivity contribution in [2.24, 2.45) is 5.92 Å². The monoisotopic (exact) mass is 568 g/mol. The Morgan fingerprint density at radius 3 is 2.39 bits per heavy atom. The number of anilines is 1. The van der Waals surface area contributed by atoms with Gasteiger partial charge < -0.3 is 14.4 Å². The third-order valence-corrected chi connectivity index (χ3v) is 7.85. The van der Waals surface area contributed by atoms with E-state index < -0.39 is 5.97 Å². The fourth-order valence-corrected chi connectivity index (χ4v) is 5.70. The number of carbonyl (C=O) groups is 1. The van der Waals surface area contributed by atoms with Crippen molar-refractivity contribution in [3.05, 3.63) is 113 Å². The average molecular weight is 569 g/mol. The van der Waals surface area contributed by atoms with Crippen LogP contribution in [-0.4, -0.2) is 43.7 Å². The molecule has 1 heterocycles. The Bertz CT molecular complexity index is 1460. The van der Waals surface area contributed by atoms with Gasteiger partial charge in [-0.1, -0.05) is 80.0 Å². The maximum Gasteiger partial charge on any atom is 0.341 e. The molecule has 6 heteroatoms. The first-order valence-corrected chi connectivity index (χ1v) is 14.6. The van der Waals surface area contributed by atoms with Crippen molar-refractivity contribution in [2.45, 2.75) is 32.9 Å². The molecule has 5 nitrogen and oxygen atoms in total. The molecule has 1 atom stereocenters. The largest absolute Gasteiger partial charge is 0.465 e. The molecular weight excluding hydrogens is 532 g/mol. The van der Waals surface area contributed by atoms with E-state index in [1.165, 1.54) is 23.8 Å². The lowest BCUT2D eigenvalue weighted by Gasteiger charge is -2.43. The lowest BCUT2D eigenvalue weighted by molar-refractivity contribution is 0.0598. The van der Waals surface area contributed by atoms with Gasteiger partial charge in [0, 0.05) is 49.0 Å². The van der Waals surface area contributed by atoms with E-state index in [1.807, 2.05) is 60.7 Å². The second kappa shape index (κ2) is 13.2. The van der Waals surface area contributed by atoms with E-state index in [1.54, 1.807) is 0 Å². The van der Waals surface area contributed by atoms with Gasteiger partial charge in [-0.15, -0.1) is 0 Å². The van der Waals surface area contributed by atoms with Crippen LogP contribution in [0.3, 0.4) is 0 Å². The number of methoxy groups -OCH3 is 1. The Hall–Kier alpha value is -3.80. The van der Waals surface area contributed by atoms with Gasteiger partial charge in [-0.25, -0.2) is 4.79 Å². The molecule has 0 bridgehead atoms. The van der Waals surface area contributed by atoms with Crippen molar-refractivity contribution in [1.82, 2.24) is 4.90 Å². The minimum Gasteiger partial charge on any atom is -0.465 e. The number of piperazine rings is 1. The van der Waals surface area contributed by atoms with Crippen LogP contribution < -0.4 is 9.64 Å². The van der Waals surface area contributed by atoms with Crippen molar-refractivity contribution in [1.29, 1.82) is 0 Å². The predicted octanol–water partition coefficient (Wildman–Crippen LogP) is 8.32. The van der Waals surface area contributed by atoms with Crippen LogP contribution in [0.25, 0.3) is 11.1 Å². The summed E-state index contributed by atoms with van der Waals surface area (Å²) in [7, 11) is 1.39. The van der Waals surface area contributed by atoms with Gasteiger partial charge in [-0.05, 0) is 65.4 Å². The molecule has 4 aromatic carbocycles. The fourth-order valence-electron chi connectivity index (χ4n) is 5.58. The summed E-state index contributed by atoms with van der Waals surface area (Å²) in [5.74, 6) is 1.33. The van der Waals surface area contributed by atoms with E-state index in [2.05, 4.69) is 60.0 Å². The van der Waals surface area contributed by atoms with Crippen LogP contribution in [0, 0.1) is 5.92 Å². The van der Waals surface area contributed by atoms with Gasteiger partial charge in [0.25, 0.3) is 0 Å². The van der Waals surface area contributed by atoms with Crippen molar-refractivity contribution in [3.63, 3.8) is 0 Å². The number of esters is 1. The molecule has 0 aliphatic carbocycles. The van der Waals surface area contributed by atoms with Crippen molar-refractivity contribution in [2.75, 3.05) is 31.6 Å². The molecule has 1 saturated heterocycles. The van der Waals surface area contributed by atoms with Crippen LogP contribution >= 0.6 is 11.6 Å². The van der Waals surface area contributed by atoms with Crippen molar-refractivity contribution in [3.8, 4) is 22.6 Å². The zero-order chi connectivity index (χ0) is 28.8. The first kappa shape index (κ1) is 28.7. The predicted molar refractivity (Wildman–Crippen MR) is 167 cm³/mol. The normalized spacial score (nSPS) is 15.6. The van der Waals surface area contributed by atoms with E-state index in [9.17, 15) is 4.79 Å². The number of halogens is 1. The number of hydrogen-bond acceptors (Lipinski definition) is 5. The number of carbonyl (C=O) groups excluding carboxylic acids is 1. The van der Waals surface area contributed by atoms with Gasteiger partial charge in [0.2, 0.25) is 0 Å². The summed E-state index contributed by atoms with van der Waals surface area (Å²) < 4.78 is 11.2. The van der Waals surface area contributed by atoms with Gasteiger partial charge in [0.05, 0.1) is 7.11 Å². The second-order valence-electron chi connectivity index (χ2n) is 11.0. The van der Waals surface area contributed by atoms with Crippen LogP contribution in [0.5, 0.6) is 11.5 Å². The highest BCUT2D eigenvalue weighted by molar-refractivity contribution is 6.30. The molecule has 4 aromatic rings. The highest BCUT2D eigenvalue weighted by Crippen LogP contribution is 2.33. The Kier molecular flexibility index (Phi) is 9.28. The average Bonchev–Trinajstić information content (AvgIpc) is 2.98. The first-order chi connectivity index (χ1) is 19.9. The number of nitrogens with zero attached hydrogens (tertiary/aromatic N) is 2. The SMILES string of the molecule is COC(=O)c1ccc(N2CCN(Cc3ccccc3-c3ccc(Cl)cc3)C(CC(C)C)C2)cc1Oc1ccccc1. The minimum atomic E-state index is -0.413. The molecule has 41 heavy (non-hydrogen) atoms. The smallest absolute Gasteiger partial charge is 0.341 e. The summed E-state index contributed by atoms with van der Waals surface area (Å²) in [4.78, 5) is 17.6. The first-order valence-electron chi connectivity index (χ1n) is 14.2. The van der Waals surface area contributed by atoms with E-state index in [0.717, 1.165) is 43.3 Å². The quantitative estimate of drug-likeness (QED) is 0.190. The van der Waals surface area contributed by atoms with E-state index in [-0.39, 0.29) is 0 Å². The van der Waals surface area contributed by atoms with Crippen LogP contribution in [0.4, 0.5) is 5.69 Å². The molecule has 0 saturated carbocycles. The third-order valence-electron chi connectivity index (χ3n) is 7.60. The number of ether oxygens (including phenoxy) is 2. The van der Waals surface area contributed by atoms with Gasteiger partial charge in [-0.3, -0.25) is 4.90 Å². The minimum absolute atomic E-state index is 0.376. The maximum absolute atomic E-state index is 12.5. The number of hydrogen-bond donors (Lipinski definition) is 0.